The van der Waals surface area contributed by atoms with Gasteiger partial charge in [0.15, 0.2) is 0 Å². The standard InChI is InChI=1S/C28H26N4O2/c33-27(29-15-13-21-17-31-25-7-3-1-5-23(21)25)19-9-11-20(12-10-19)28(34)30-16-14-22-18-32-26-8-4-2-6-24(22)26/h1-12,17-18,31-32H,13-16H2,(H,29,33)(H,30,34). The Balaban J connectivity index is 1.11. The predicted octanol–water partition coefficient (Wildman–Crippen LogP) is 4.59. The highest BCUT2D eigenvalue weighted by Gasteiger charge is 2.10. The summed E-state index contributed by atoms with van der Waals surface area (Å²) in [5.74, 6) is -0.294. The molecule has 2 aromatic heterocycles. The smallest absolute Gasteiger partial charge is 0.251 e. The summed E-state index contributed by atoms with van der Waals surface area (Å²) in [7, 11) is 0. The van der Waals surface area contributed by atoms with E-state index >= 15 is 0 Å². The predicted molar refractivity (Wildman–Crippen MR) is 135 cm³/mol. The molecule has 0 aliphatic heterocycles. The van der Waals surface area contributed by atoms with E-state index in [-0.39, 0.29) is 11.8 Å². The van der Waals surface area contributed by atoms with Crippen LogP contribution in [0.2, 0.25) is 0 Å². The van der Waals surface area contributed by atoms with Crippen molar-refractivity contribution in [2.75, 3.05) is 13.1 Å². The summed E-state index contributed by atoms with van der Waals surface area (Å²) in [4.78, 5) is 31.5. The van der Waals surface area contributed by atoms with Crippen LogP contribution < -0.4 is 10.6 Å². The molecule has 0 atom stereocenters. The SMILES string of the molecule is O=C(NCCc1c[nH]c2ccccc12)c1ccc(C(=O)NCCc2c[nH]c3ccccc23)cc1. The lowest BCUT2D eigenvalue weighted by atomic mass is 10.1. The second kappa shape index (κ2) is 9.67. The van der Waals surface area contributed by atoms with Gasteiger partial charge in [-0.3, -0.25) is 9.59 Å². The van der Waals surface area contributed by atoms with Crippen molar-refractivity contribution >= 4 is 33.6 Å². The number of hydrogen-bond donors (Lipinski definition) is 4. The second-order valence-corrected chi connectivity index (χ2v) is 8.31. The minimum atomic E-state index is -0.147. The van der Waals surface area contributed by atoms with Gasteiger partial charge in [-0.25, -0.2) is 0 Å². The number of benzene rings is 3. The van der Waals surface area contributed by atoms with Crippen molar-refractivity contribution < 1.29 is 9.59 Å². The van der Waals surface area contributed by atoms with E-state index in [2.05, 4.69) is 32.7 Å². The number of aromatic amines is 2. The lowest BCUT2D eigenvalue weighted by Gasteiger charge is -2.07. The number of aromatic nitrogens is 2. The molecule has 5 rings (SSSR count). The summed E-state index contributed by atoms with van der Waals surface area (Å²) in [6.07, 6.45) is 5.46. The first-order valence-corrected chi connectivity index (χ1v) is 11.5. The van der Waals surface area contributed by atoms with Gasteiger partial charge in [0.2, 0.25) is 0 Å². The zero-order chi connectivity index (χ0) is 23.3. The molecule has 0 radical (unpaired) electrons. The van der Waals surface area contributed by atoms with Gasteiger partial charge in [-0.2, -0.15) is 0 Å². The van der Waals surface area contributed by atoms with Crippen molar-refractivity contribution in [3.05, 3.63) is 107 Å². The Hall–Kier alpha value is -4.32. The van der Waals surface area contributed by atoms with Gasteiger partial charge in [-0.1, -0.05) is 36.4 Å². The van der Waals surface area contributed by atoms with E-state index < -0.39 is 0 Å². The lowest BCUT2D eigenvalue weighted by molar-refractivity contribution is 0.0942. The van der Waals surface area contributed by atoms with E-state index in [1.807, 2.05) is 48.8 Å². The number of fused-ring (bicyclic) bond motifs is 2. The highest BCUT2D eigenvalue weighted by atomic mass is 16.2. The molecule has 6 nitrogen and oxygen atoms in total. The quantitative estimate of drug-likeness (QED) is 0.278. The second-order valence-electron chi connectivity index (χ2n) is 8.31. The first kappa shape index (κ1) is 21.5. The Labute approximate surface area is 197 Å². The molecule has 4 N–H and O–H groups in total. The Kier molecular flexibility index (Phi) is 6.12. The van der Waals surface area contributed by atoms with Crippen LogP contribution in [0.25, 0.3) is 21.8 Å². The number of para-hydroxylation sites is 2. The molecule has 0 saturated carbocycles. The van der Waals surface area contributed by atoms with Crippen molar-refractivity contribution in [1.29, 1.82) is 0 Å². The molecular formula is C28H26N4O2. The van der Waals surface area contributed by atoms with E-state index in [4.69, 9.17) is 0 Å². The summed E-state index contributed by atoms with van der Waals surface area (Å²) in [6.45, 7) is 1.08. The molecule has 0 aliphatic rings. The fourth-order valence-electron chi connectivity index (χ4n) is 4.28. The van der Waals surface area contributed by atoms with Crippen molar-refractivity contribution in [2.24, 2.45) is 0 Å². The van der Waals surface area contributed by atoms with Crippen LogP contribution in [0.4, 0.5) is 0 Å². The normalized spacial score (nSPS) is 11.1. The summed E-state index contributed by atoms with van der Waals surface area (Å²) in [5, 5.41) is 8.27. The van der Waals surface area contributed by atoms with Crippen LogP contribution in [0.3, 0.4) is 0 Å². The van der Waals surface area contributed by atoms with Crippen LogP contribution in [0.15, 0.2) is 85.2 Å². The van der Waals surface area contributed by atoms with Crippen LogP contribution in [-0.4, -0.2) is 34.9 Å². The van der Waals surface area contributed by atoms with Gasteiger partial charge in [-0.05, 0) is 60.4 Å². The number of H-pyrrole nitrogens is 2. The summed E-state index contributed by atoms with van der Waals surface area (Å²) >= 11 is 0. The lowest BCUT2D eigenvalue weighted by Crippen LogP contribution is -2.27. The molecule has 0 unspecified atom stereocenters. The third-order valence-electron chi connectivity index (χ3n) is 6.12. The number of nitrogens with one attached hydrogen (secondary N) is 4. The highest BCUT2D eigenvalue weighted by molar-refractivity contribution is 5.98. The molecule has 0 spiro atoms. The van der Waals surface area contributed by atoms with Crippen LogP contribution >= 0.6 is 0 Å². The van der Waals surface area contributed by atoms with Crippen LogP contribution in [-0.2, 0) is 12.8 Å². The van der Waals surface area contributed by atoms with Gasteiger partial charge in [0.1, 0.15) is 0 Å². The molecule has 3 aromatic carbocycles. The zero-order valence-corrected chi connectivity index (χ0v) is 18.7. The number of hydrogen-bond acceptors (Lipinski definition) is 2. The summed E-state index contributed by atoms with van der Waals surface area (Å²) in [5.41, 5.74) is 5.62. The fourth-order valence-corrected chi connectivity index (χ4v) is 4.28. The minimum absolute atomic E-state index is 0.147. The van der Waals surface area contributed by atoms with Gasteiger partial charge >= 0.3 is 0 Å². The van der Waals surface area contributed by atoms with Gasteiger partial charge in [-0.15, -0.1) is 0 Å². The van der Waals surface area contributed by atoms with Crippen LogP contribution in [0.1, 0.15) is 31.8 Å². The Morgan fingerprint density at radius 1 is 0.588 bits per heavy atom. The number of carbonyl (C=O) groups excluding carboxylic acids is 2. The Morgan fingerprint density at radius 3 is 1.44 bits per heavy atom. The molecule has 2 amide bonds. The minimum Gasteiger partial charge on any atom is -0.361 e. The van der Waals surface area contributed by atoms with E-state index in [1.54, 1.807) is 24.3 Å². The average molecular weight is 451 g/mol. The van der Waals surface area contributed by atoms with Crippen LogP contribution in [0, 0.1) is 0 Å². The molecular weight excluding hydrogens is 424 g/mol. The van der Waals surface area contributed by atoms with Crippen LogP contribution in [0.5, 0.6) is 0 Å². The van der Waals surface area contributed by atoms with E-state index in [0.717, 1.165) is 23.9 Å². The molecule has 0 bridgehead atoms. The fraction of sp³-hybridized carbons (Fsp3) is 0.143. The van der Waals surface area contributed by atoms with E-state index in [0.29, 0.717) is 24.2 Å². The zero-order valence-electron chi connectivity index (χ0n) is 18.7. The van der Waals surface area contributed by atoms with Gasteiger partial charge in [0.25, 0.3) is 11.8 Å². The molecule has 5 aromatic rings. The molecule has 2 heterocycles. The van der Waals surface area contributed by atoms with E-state index in [1.165, 1.54) is 21.9 Å². The topological polar surface area (TPSA) is 89.8 Å². The Morgan fingerprint density at radius 2 is 1.00 bits per heavy atom. The van der Waals surface area contributed by atoms with Gasteiger partial charge in [0.05, 0.1) is 0 Å². The first-order chi connectivity index (χ1) is 16.7. The maximum atomic E-state index is 12.5. The average Bonchev–Trinajstić information content (AvgIpc) is 3.48. The first-order valence-electron chi connectivity index (χ1n) is 11.5. The third kappa shape index (κ3) is 4.57. The van der Waals surface area contributed by atoms with Crippen molar-refractivity contribution in [3.63, 3.8) is 0 Å². The monoisotopic (exact) mass is 450 g/mol. The molecule has 0 saturated heterocycles. The van der Waals surface area contributed by atoms with Crippen molar-refractivity contribution in [2.45, 2.75) is 12.8 Å². The third-order valence-corrected chi connectivity index (χ3v) is 6.12. The van der Waals surface area contributed by atoms with Gasteiger partial charge < -0.3 is 20.6 Å². The maximum Gasteiger partial charge on any atom is 0.251 e. The van der Waals surface area contributed by atoms with Crippen molar-refractivity contribution in [3.8, 4) is 0 Å². The number of carbonyl (C=O) groups is 2. The number of amides is 2. The molecule has 34 heavy (non-hydrogen) atoms. The van der Waals surface area contributed by atoms with Crippen molar-refractivity contribution in [1.82, 2.24) is 20.6 Å². The molecule has 0 aliphatic carbocycles. The summed E-state index contributed by atoms with van der Waals surface area (Å²) < 4.78 is 0. The molecule has 170 valence electrons. The van der Waals surface area contributed by atoms with Gasteiger partial charge in [0, 0.05) is 58.4 Å². The highest BCUT2D eigenvalue weighted by Crippen LogP contribution is 2.18. The maximum absolute atomic E-state index is 12.5. The largest absolute Gasteiger partial charge is 0.361 e. The van der Waals surface area contributed by atoms with E-state index in [9.17, 15) is 9.59 Å². The molecule has 6 heteroatoms. The summed E-state index contributed by atoms with van der Waals surface area (Å²) in [6, 6.07) is 23.0. The molecule has 0 fully saturated rings. The Bertz CT molecular complexity index is 1340. The number of rotatable bonds is 8.